The molecule has 0 spiro atoms. The summed E-state index contributed by atoms with van der Waals surface area (Å²) in [4.78, 5) is 27.3. The van der Waals surface area contributed by atoms with Crippen LogP contribution in [-0.4, -0.2) is 42.1 Å². The molecule has 29 heavy (non-hydrogen) atoms. The van der Waals surface area contributed by atoms with E-state index in [1.165, 1.54) is 12.3 Å². The number of hydrogen-bond acceptors (Lipinski definition) is 5. The Morgan fingerprint density at radius 2 is 1.93 bits per heavy atom. The highest BCUT2D eigenvalue weighted by atomic mass is 19.1. The summed E-state index contributed by atoms with van der Waals surface area (Å²) in [6.45, 7) is 0.967. The Balaban J connectivity index is 1.45. The van der Waals surface area contributed by atoms with Crippen molar-refractivity contribution in [3.05, 3.63) is 71.7 Å². The molecule has 0 radical (unpaired) electrons. The van der Waals surface area contributed by atoms with Gasteiger partial charge in [0, 0.05) is 48.9 Å². The normalized spacial score (nSPS) is 13.5. The van der Waals surface area contributed by atoms with E-state index in [0.717, 1.165) is 22.5 Å². The fraction of sp³-hybridized carbons (Fsp3) is 0.190. The molecule has 0 saturated heterocycles. The Labute approximate surface area is 165 Å². The summed E-state index contributed by atoms with van der Waals surface area (Å²) in [5, 5.41) is 4.58. The highest BCUT2D eigenvalue weighted by molar-refractivity contribution is 5.97. The van der Waals surface area contributed by atoms with Crippen molar-refractivity contribution < 1.29 is 9.18 Å². The van der Waals surface area contributed by atoms with Crippen molar-refractivity contribution >= 4 is 16.9 Å². The minimum absolute atomic E-state index is 0.0668. The highest BCUT2D eigenvalue weighted by Crippen LogP contribution is 2.30. The van der Waals surface area contributed by atoms with Gasteiger partial charge in [0.2, 0.25) is 0 Å². The summed E-state index contributed by atoms with van der Waals surface area (Å²) >= 11 is 0. The zero-order chi connectivity index (χ0) is 20.0. The van der Waals surface area contributed by atoms with Crippen LogP contribution in [0.2, 0.25) is 0 Å². The fourth-order valence-corrected chi connectivity index (χ4v) is 3.87. The molecule has 0 fully saturated rings. The second kappa shape index (κ2) is 6.73. The molecule has 1 aliphatic rings. The average Bonchev–Trinajstić information content (AvgIpc) is 3.07. The van der Waals surface area contributed by atoms with Gasteiger partial charge in [-0.2, -0.15) is 5.10 Å². The number of rotatable bonds is 2. The van der Waals surface area contributed by atoms with Crippen molar-refractivity contribution in [2.75, 3.05) is 6.54 Å². The van der Waals surface area contributed by atoms with Gasteiger partial charge in [0.05, 0.1) is 35.2 Å². The number of pyridine rings is 1. The van der Waals surface area contributed by atoms with Crippen molar-refractivity contribution in [3.8, 4) is 11.3 Å². The lowest BCUT2D eigenvalue weighted by atomic mass is 10.00. The number of nitrogens with zero attached hydrogens (tertiary/aromatic N) is 6. The molecule has 0 saturated carbocycles. The van der Waals surface area contributed by atoms with Gasteiger partial charge in [-0.15, -0.1) is 0 Å². The lowest BCUT2D eigenvalue weighted by molar-refractivity contribution is 0.0732. The van der Waals surface area contributed by atoms with E-state index < -0.39 is 0 Å². The summed E-state index contributed by atoms with van der Waals surface area (Å²) in [5.74, 6) is -0.452. The summed E-state index contributed by atoms with van der Waals surface area (Å²) in [7, 11) is 1.83. The van der Waals surface area contributed by atoms with E-state index in [0.29, 0.717) is 36.2 Å². The van der Waals surface area contributed by atoms with Crippen LogP contribution in [0.4, 0.5) is 4.39 Å². The SMILES string of the molecule is Cn1nc2c(c1-c1cncc(F)c1)CCN(C(=O)c1ccc3nccnc3c1)C2. The number of amides is 1. The van der Waals surface area contributed by atoms with Crippen LogP contribution in [0.25, 0.3) is 22.3 Å². The van der Waals surface area contributed by atoms with Crippen LogP contribution in [0, 0.1) is 5.82 Å². The van der Waals surface area contributed by atoms with Gasteiger partial charge in [-0.1, -0.05) is 0 Å². The number of halogens is 1. The van der Waals surface area contributed by atoms with Crippen LogP contribution >= 0.6 is 0 Å². The molecule has 0 atom stereocenters. The standard InChI is InChI=1S/C21H17FN6O/c1-27-20(14-8-15(22)11-23-10-14)16-4-7-28(12-19(16)26-27)21(29)13-2-3-17-18(9-13)25-6-5-24-17/h2-3,5-6,8-11H,4,7,12H2,1H3. The summed E-state index contributed by atoms with van der Waals surface area (Å²) < 4.78 is 15.4. The number of aromatic nitrogens is 5. The minimum atomic E-state index is -0.385. The van der Waals surface area contributed by atoms with Crippen molar-refractivity contribution in [3.63, 3.8) is 0 Å². The number of carbonyl (C=O) groups is 1. The van der Waals surface area contributed by atoms with E-state index >= 15 is 0 Å². The van der Waals surface area contributed by atoms with Crippen LogP contribution in [-0.2, 0) is 20.0 Å². The molecule has 0 bridgehead atoms. The van der Waals surface area contributed by atoms with Crippen molar-refractivity contribution in [1.29, 1.82) is 0 Å². The lowest BCUT2D eigenvalue weighted by Gasteiger charge is -2.26. The molecule has 0 aliphatic carbocycles. The Bertz CT molecular complexity index is 1250. The Morgan fingerprint density at radius 3 is 2.76 bits per heavy atom. The maximum absolute atomic E-state index is 13.6. The van der Waals surface area contributed by atoms with E-state index in [1.807, 2.05) is 7.05 Å². The number of hydrogen-bond donors (Lipinski definition) is 0. The first-order valence-corrected chi connectivity index (χ1v) is 9.26. The molecule has 4 heterocycles. The predicted molar refractivity (Wildman–Crippen MR) is 104 cm³/mol. The molecule has 5 rings (SSSR count). The Hall–Kier alpha value is -3.68. The quantitative estimate of drug-likeness (QED) is 0.528. The van der Waals surface area contributed by atoms with Crippen molar-refractivity contribution in [2.24, 2.45) is 7.05 Å². The van der Waals surface area contributed by atoms with Crippen LogP contribution in [0.5, 0.6) is 0 Å². The average molecular weight is 388 g/mol. The molecule has 1 amide bonds. The van der Waals surface area contributed by atoms with E-state index in [2.05, 4.69) is 20.1 Å². The first-order chi connectivity index (χ1) is 14.1. The molecule has 8 heteroatoms. The van der Waals surface area contributed by atoms with Crippen LogP contribution in [0.3, 0.4) is 0 Å². The summed E-state index contributed by atoms with van der Waals surface area (Å²) in [6, 6.07) is 6.80. The molecule has 144 valence electrons. The minimum Gasteiger partial charge on any atom is -0.332 e. The van der Waals surface area contributed by atoms with Crippen LogP contribution in [0.15, 0.2) is 49.1 Å². The summed E-state index contributed by atoms with van der Waals surface area (Å²) in [6.07, 6.45) is 6.70. The first-order valence-electron chi connectivity index (χ1n) is 9.26. The van der Waals surface area contributed by atoms with E-state index in [4.69, 9.17) is 0 Å². The van der Waals surface area contributed by atoms with Gasteiger partial charge >= 0.3 is 0 Å². The third kappa shape index (κ3) is 3.02. The van der Waals surface area contributed by atoms with E-state index in [1.54, 1.807) is 46.4 Å². The molecular formula is C21H17FN6O. The maximum Gasteiger partial charge on any atom is 0.254 e. The number of benzene rings is 1. The van der Waals surface area contributed by atoms with Gasteiger partial charge in [0.1, 0.15) is 5.82 Å². The summed E-state index contributed by atoms with van der Waals surface area (Å²) in [5.41, 5.74) is 5.42. The number of fused-ring (bicyclic) bond motifs is 2. The lowest BCUT2D eigenvalue weighted by Crippen LogP contribution is -2.36. The molecule has 7 nitrogen and oxygen atoms in total. The molecule has 1 aliphatic heterocycles. The van der Waals surface area contributed by atoms with Gasteiger partial charge < -0.3 is 4.90 Å². The largest absolute Gasteiger partial charge is 0.332 e. The second-order valence-electron chi connectivity index (χ2n) is 7.03. The van der Waals surface area contributed by atoms with E-state index in [9.17, 15) is 9.18 Å². The van der Waals surface area contributed by atoms with Gasteiger partial charge in [-0.3, -0.25) is 24.4 Å². The van der Waals surface area contributed by atoms with Gasteiger partial charge in [0.15, 0.2) is 0 Å². The van der Waals surface area contributed by atoms with Gasteiger partial charge in [0.25, 0.3) is 5.91 Å². The molecule has 4 aromatic rings. The number of aryl methyl sites for hydroxylation is 1. The predicted octanol–water partition coefficient (Wildman–Crippen LogP) is 2.76. The fourth-order valence-electron chi connectivity index (χ4n) is 3.87. The van der Waals surface area contributed by atoms with E-state index in [-0.39, 0.29) is 11.7 Å². The first kappa shape index (κ1) is 17.4. The monoisotopic (exact) mass is 388 g/mol. The van der Waals surface area contributed by atoms with Crippen LogP contribution in [0.1, 0.15) is 21.6 Å². The Morgan fingerprint density at radius 1 is 1.10 bits per heavy atom. The highest BCUT2D eigenvalue weighted by Gasteiger charge is 2.28. The van der Waals surface area contributed by atoms with Crippen molar-refractivity contribution in [2.45, 2.75) is 13.0 Å². The second-order valence-corrected chi connectivity index (χ2v) is 7.03. The molecule has 0 N–H and O–H groups in total. The zero-order valence-electron chi connectivity index (χ0n) is 15.7. The molecule has 1 aromatic carbocycles. The smallest absolute Gasteiger partial charge is 0.254 e. The molecular weight excluding hydrogens is 371 g/mol. The third-order valence-electron chi connectivity index (χ3n) is 5.18. The topological polar surface area (TPSA) is 76.8 Å². The van der Waals surface area contributed by atoms with Gasteiger partial charge in [-0.05, 0) is 30.7 Å². The molecule has 3 aromatic heterocycles. The third-order valence-corrected chi connectivity index (χ3v) is 5.18. The number of carbonyl (C=O) groups excluding carboxylic acids is 1. The zero-order valence-corrected chi connectivity index (χ0v) is 15.7. The van der Waals surface area contributed by atoms with Gasteiger partial charge in [-0.25, -0.2) is 4.39 Å². The van der Waals surface area contributed by atoms with Crippen molar-refractivity contribution in [1.82, 2.24) is 29.6 Å². The van der Waals surface area contributed by atoms with Crippen LogP contribution < -0.4 is 0 Å². The molecule has 0 unspecified atom stereocenters. The Kier molecular flexibility index (Phi) is 4.04. The maximum atomic E-state index is 13.6.